The van der Waals surface area contributed by atoms with Crippen LogP contribution in [-0.2, 0) is 15.1 Å². The van der Waals surface area contributed by atoms with Gasteiger partial charge in [-0.15, -0.1) is 0 Å². The van der Waals surface area contributed by atoms with Crippen molar-refractivity contribution >= 4 is 12.1 Å². The highest BCUT2D eigenvalue weighted by atomic mass is 16.5. The number of aryl methyl sites for hydroxylation is 1. The molecule has 1 saturated carbocycles. The Hall–Kier alpha value is -2.40. The Morgan fingerprint density at radius 2 is 2.17 bits per heavy atom. The first kappa shape index (κ1) is 15.5. The van der Waals surface area contributed by atoms with Crippen LogP contribution in [0.5, 0.6) is 0 Å². The van der Waals surface area contributed by atoms with Crippen LogP contribution in [0.4, 0.5) is 0 Å². The van der Waals surface area contributed by atoms with E-state index in [1.54, 1.807) is 6.07 Å². The van der Waals surface area contributed by atoms with Crippen molar-refractivity contribution in [1.29, 1.82) is 0 Å². The number of hydrogen-bond donors (Lipinski definition) is 1. The van der Waals surface area contributed by atoms with E-state index >= 15 is 0 Å². The van der Waals surface area contributed by atoms with Crippen molar-refractivity contribution in [3.8, 4) is 0 Å². The van der Waals surface area contributed by atoms with Crippen LogP contribution < -0.4 is 5.43 Å². The average molecular weight is 312 g/mol. The van der Waals surface area contributed by atoms with Crippen LogP contribution in [0.2, 0.25) is 0 Å². The fourth-order valence-electron chi connectivity index (χ4n) is 2.85. The largest absolute Gasteiger partial charge is 0.460 e. The van der Waals surface area contributed by atoms with E-state index in [-0.39, 0.29) is 11.8 Å². The molecule has 1 aliphatic carbocycles. The quantitative estimate of drug-likeness (QED) is 0.659. The van der Waals surface area contributed by atoms with Crippen molar-refractivity contribution in [3.63, 3.8) is 0 Å². The van der Waals surface area contributed by atoms with E-state index in [1.165, 1.54) is 6.21 Å². The zero-order valence-electron chi connectivity index (χ0n) is 13.3. The number of nitrogens with zero attached hydrogens (tertiary/aromatic N) is 1. The maximum Gasteiger partial charge on any atom is 0.246 e. The van der Waals surface area contributed by atoms with Crippen LogP contribution in [0.15, 0.2) is 52.0 Å². The topological polar surface area (TPSA) is 63.8 Å². The lowest BCUT2D eigenvalue weighted by Gasteiger charge is -2.17. The molecule has 1 N–H and O–H groups in total. The molecule has 1 heterocycles. The Balaban J connectivity index is 1.65. The summed E-state index contributed by atoms with van der Waals surface area (Å²) >= 11 is 0. The first-order valence-electron chi connectivity index (χ1n) is 7.74. The Morgan fingerprint density at radius 3 is 2.83 bits per heavy atom. The van der Waals surface area contributed by atoms with Crippen molar-refractivity contribution in [2.24, 2.45) is 11.0 Å². The molecule has 0 radical (unpaired) electrons. The van der Waals surface area contributed by atoms with Gasteiger partial charge < -0.3 is 9.15 Å². The molecule has 0 bridgehead atoms. The van der Waals surface area contributed by atoms with Crippen LogP contribution in [0.1, 0.15) is 30.4 Å². The predicted octanol–water partition coefficient (Wildman–Crippen LogP) is 2.99. The molecule has 0 spiro atoms. The van der Waals surface area contributed by atoms with Gasteiger partial charge in [-0.3, -0.25) is 4.79 Å². The van der Waals surface area contributed by atoms with Crippen LogP contribution in [-0.4, -0.2) is 18.7 Å². The van der Waals surface area contributed by atoms with Gasteiger partial charge in [0.05, 0.1) is 12.1 Å². The molecular weight excluding hydrogens is 292 g/mol. The standard InChI is InChI=1S/C18H20N2O3/c1-3-22-18(14-7-5-4-6-8-14)11-16(18)17(21)20-19-12-15-10-9-13(2)23-15/h4-10,12,16H,3,11H2,1-2H3,(H,20,21)/b19-12-/t16-,18-/m0/s1. The van der Waals surface area contributed by atoms with E-state index in [0.29, 0.717) is 18.8 Å². The summed E-state index contributed by atoms with van der Waals surface area (Å²) in [5.74, 6) is 1.05. The number of benzene rings is 1. The van der Waals surface area contributed by atoms with E-state index in [9.17, 15) is 4.79 Å². The van der Waals surface area contributed by atoms with Gasteiger partial charge in [0, 0.05) is 6.61 Å². The fraction of sp³-hybridized carbons (Fsp3) is 0.333. The second-order valence-electron chi connectivity index (χ2n) is 5.63. The molecule has 3 rings (SSSR count). The molecule has 1 aromatic heterocycles. The number of carbonyl (C=O) groups is 1. The Kier molecular flexibility index (Phi) is 4.30. The first-order chi connectivity index (χ1) is 11.2. The van der Waals surface area contributed by atoms with Gasteiger partial charge in [0.15, 0.2) is 0 Å². The summed E-state index contributed by atoms with van der Waals surface area (Å²) in [5.41, 5.74) is 3.09. The van der Waals surface area contributed by atoms with Gasteiger partial charge in [0.2, 0.25) is 5.91 Å². The van der Waals surface area contributed by atoms with Crippen molar-refractivity contribution in [1.82, 2.24) is 5.43 Å². The molecule has 5 heteroatoms. The lowest BCUT2D eigenvalue weighted by molar-refractivity contribution is -0.124. The monoisotopic (exact) mass is 312 g/mol. The lowest BCUT2D eigenvalue weighted by Crippen LogP contribution is -2.26. The molecule has 1 fully saturated rings. The minimum Gasteiger partial charge on any atom is -0.460 e. The Bertz CT molecular complexity index is 708. The smallest absolute Gasteiger partial charge is 0.246 e. The summed E-state index contributed by atoms with van der Waals surface area (Å²) in [7, 11) is 0. The third-order valence-electron chi connectivity index (χ3n) is 4.02. The van der Waals surface area contributed by atoms with E-state index in [1.807, 2.05) is 50.2 Å². The fourth-order valence-corrected chi connectivity index (χ4v) is 2.85. The summed E-state index contributed by atoms with van der Waals surface area (Å²) in [5, 5.41) is 3.96. The summed E-state index contributed by atoms with van der Waals surface area (Å²) in [6.07, 6.45) is 2.17. The summed E-state index contributed by atoms with van der Waals surface area (Å²) in [4.78, 5) is 12.3. The number of amides is 1. The second-order valence-corrected chi connectivity index (χ2v) is 5.63. The van der Waals surface area contributed by atoms with Gasteiger partial charge >= 0.3 is 0 Å². The Labute approximate surface area is 135 Å². The van der Waals surface area contributed by atoms with Gasteiger partial charge in [-0.05, 0) is 38.0 Å². The van der Waals surface area contributed by atoms with Gasteiger partial charge in [0.1, 0.15) is 17.1 Å². The summed E-state index contributed by atoms with van der Waals surface area (Å²) in [6, 6.07) is 13.5. The van der Waals surface area contributed by atoms with E-state index < -0.39 is 5.60 Å². The molecule has 2 aromatic rings. The lowest BCUT2D eigenvalue weighted by atomic mass is 10.1. The van der Waals surface area contributed by atoms with Crippen LogP contribution in [0.25, 0.3) is 0 Å². The number of ether oxygens (including phenoxy) is 1. The molecule has 120 valence electrons. The molecule has 1 aromatic carbocycles. The second kappa shape index (κ2) is 6.38. The molecule has 23 heavy (non-hydrogen) atoms. The zero-order chi connectivity index (χ0) is 16.3. The van der Waals surface area contributed by atoms with Crippen LogP contribution in [0.3, 0.4) is 0 Å². The predicted molar refractivity (Wildman–Crippen MR) is 87.0 cm³/mol. The molecular formula is C18H20N2O3. The summed E-state index contributed by atoms with van der Waals surface area (Å²) < 4.78 is 11.3. The highest BCUT2D eigenvalue weighted by Crippen LogP contribution is 2.55. The zero-order valence-corrected chi connectivity index (χ0v) is 13.3. The van der Waals surface area contributed by atoms with Gasteiger partial charge in [0.25, 0.3) is 0 Å². The van der Waals surface area contributed by atoms with Gasteiger partial charge in [-0.25, -0.2) is 5.43 Å². The molecule has 1 aliphatic rings. The van der Waals surface area contributed by atoms with E-state index in [0.717, 1.165) is 11.3 Å². The normalized spacial score (nSPS) is 23.1. The highest BCUT2D eigenvalue weighted by Gasteiger charge is 2.60. The van der Waals surface area contributed by atoms with Crippen molar-refractivity contribution in [3.05, 3.63) is 59.5 Å². The number of rotatable bonds is 6. The van der Waals surface area contributed by atoms with Crippen molar-refractivity contribution in [2.45, 2.75) is 25.9 Å². The average Bonchev–Trinajstić information content (AvgIpc) is 3.15. The molecule has 2 atom stereocenters. The molecule has 0 saturated heterocycles. The first-order valence-corrected chi connectivity index (χ1v) is 7.74. The highest BCUT2D eigenvalue weighted by molar-refractivity contribution is 5.85. The SMILES string of the molecule is CCO[C@]1(c2ccccc2)C[C@H]1C(=O)N/N=C\c1ccc(C)o1. The molecule has 0 unspecified atom stereocenters. The maximum absolute atomic E-state index is 12.3. The molecule has 0 aliphatic heterocycles. The minimum absolute atomic E-state index is 0.137. The molecule has 5 nitrogen and oxygen atoms in total. The number of hydrogen-bond acceptors (Lipinski definition) is 4. The third kappa shape index (κ3) is 3.19. The maximum atomic E-state index is 12.3. The minimum atomic E-state index is -0.517. The Morgan fingerprint density at radius 1 is 1.39 bits per heavy atom. The van der Waals surface area contributed by atoms with Crippen LogP contribution >= 0.6 is 0 Å². The van der Waals surface area contributed by atoms with Crippen molar-refractivity contribution < 1.29 is 13.9 Å². The summed E-state index contributed by atoms with van der Waals surface area (Å²) in [6.45, 7) is 4.36. The van der Waals surface area contributed by atoms with Gasteiger partial charge in [-0.1, -0.05) is 30.3 Å². The van der Waals surface area contributed by atoms with E-state index in [2.05, 4.69) is 10.5 Å². The number of hydrazone groups is 1. The number of carbonyl (C=O) groups excluding carboxylic acids is 1. The van der Waals surface area contributed by atoms with Gasteiger partial charge in [-0.2, -0.15) is 5.10 Å². The number of nitrogens with one attached hydrogen (secondary N) is 1. The van der Waals surface area contributed by atoms with Crippen molar-refractivity contribution in [2.75, 3.05) is 6.61 Å². The van der Waals surface area contributed by atoms with E-state index in [4.69, 9.17) is 9.15 Å². The number of furan rings is 1. The molecule has 1 amide bonds. The van der Waals surface area contributed by atoms with Crippen LogP contribution in [0, 0.1) is 12.8 Å². The third-order valence-corrected chi connectivity index (χ3v) is 4.02.